The van der Waals surface area contributed by atoms with E-state index < -0.39 is 10.0 Å². The van der Waals surface area contributed by atoms with Gasteiger partial charge in [0.15, 0.2) is 0 Å². The number of nitrogens with zero attached hydrogens (tertiary/aromatic N) is 3. The van der Waals surface area contributed by atoms with E-state index in [4.69, 9.17) is 9.47 Å². The van der Waals surface area contributed by atoms with Gasteiger partial charge >= 0.3 is 0 Å². The van der Waals surface area contributed by atoms with Gasteiger partial charge < -0.3 is 14.0 Å². The first-order chi connectivity index (χ1) is 11.6. The average Bonchev–Trinajstić information content (AvgIpc) is 3.34. The van der Waals surface area contributed by atoms with E-state index in [1.807, 2.05) is 0 Å². The molecule has 7 nitrogen and oxygen atoms in total. The molecule has 1 unspecified atom stereocenters. The van der Waals surface area contributed by atoms with Crippen LogP contribution in [0.3, 0.4) is 0 Å². The quantitative estimate of drug-likeness (QED) is 0.766. The fourth-order valence-electron chi connectivity index (χ4n) is 3.54. The third-order valence-electron chi connectivity index (χ3n) is 5.20. The summed E-state index contributed by atoms with van der Waals surface area (Å²) in [7, 11) is -3.17. The lowest BCUT2D eigenvalue weighted by Gasteiger charge is -2.34. The van der Waals surface area contributed by atoms with Crippen LogP contribution in [-0.2, 0) is 26.0 Å². The van der Waals surface area contributed by atoms with Gasteiger partial charge in [0.2, 0.25) is 10.0 Å². The summed E-state index contributed by atoms with van der Waals surface area (Å²) in [4.78, 5) is 4.20. The largest absolute Gasteiger partial charge is 0.381 e. The van der Waals surface area contributed by atoms with Crippen LogP contribution in [0.25, 0.3) is 0 Å². The Hall–Kier alpha value is -0.960. The van der Waals surface area contributed by atoms with Crippen molar-refractivity contribution in [2.75, 3.05) is 33.0 Å². The SMILES string of the molecule is O=S(=O)(C1CC1)N1Cc2cncn2C(COCC2CCOCC2)C1. The second-order valence-corrected chi connectivity index (χ2v) is 9.29. The maximum absolute atomic E-state index is 12.6. The molecule has 1 aromatic heterocycles. The highest BCUT2D eigenvalue weighted by Crippen LogP contribution is 2.34. The predicted molar refractivity (Wildman–Crippen MR) is 88.0 cm³/mol. The molecule has 3 heterocycles. The van der Waals surface area contributed by atoms with Crippen molar-refractivity contribution in [3.05, 3.63) is 18.2 Å². The van der Waals surface area contributed by atoms with Gasteiger partial charge in [-0.2, -0.15) is 4.31 Å². The van der Waals surface area contributed by atoms with Crippen molar-refractivity contribution in [3.63, 3.8) is 0 Å². The van der Waals surface area contributed by atoms with Gasteiger partial charge in [0.25, 0.3) is 0 Å². The van der Waals surface area contributed by atoms with E-state index >= 15 is 0 Å². The van der Waals surface area contributed by atoms with E-state index in [2.05, 4.69) is 9.55 Å². The summed E-state index contributed by atoms with van der Waals surface area (Å²) in [5.74, 6) is 0.552. The number of hydrogen-bond acceptors (Lipinski definition) is 5. The molecule has 24 heavy (non-hydrogen) atoms. The highest BCUT2D eigenvalue weighted by atomic mass is 32.2. The van der Waals surface area contributed by atoms with Crippen LogP contribution < -0.4 is 0 Å². The molecule has 1 aromatic rings. The Morgan fingerprint density at radius 3 is 2.75 bits per heavy atom. The van der Waals surface area contributed by atoms with Gasteiger partial charge in [0, 0.05) is 32.6 Å². The Balaban J connectivity index is 1.40. The zero-order valence-corrected chi connectivity index (χ0v) is 14.7. The van der Waals surface area contributed by atoms with E-state index in [1.165, 1.54) is 0 Å². The van der Waals surface area contributed by atoms with Crippen molar-refractivity contribution in [3.8, 4) is 0 Å². The molecule has 0 radical (unpaired) electrons. The summed E-state index contributed by atoms with van der Waals surface area (Å²) in [5.41, 5.74) is 0.949. The topological polar surface area (TPSA) is 73.7 Å². The Morgan fingerprint density at radius 1 is 1.21 bits per heavy atom. The van der Waals surface area contributed by atoms with E-state index in [9.17, 15) is 8.42 Å². The van der Waals surface area contributed by atoms with Crippen molar-refractivity contribution in [2.45, 2.75) is 43.5 Å². The molecule has 0 aromatic carbocycles. The van der Waals surface area contributed by atoms with Gasteiger partial charge in [0.05, 0.1) is 36.5 Å². The van der Waals surface area contributed by atoms with Crippen molar-refractivity contribution in [1.29, 1.82) is 0 Å². The van der Waals surface area contributed by atoms with Crippen LogP contribution in [0.2, 0.25) is 0 Å². The van der Waals surface area contributed by atoms with E-state index in [0.717, 1.165) is 51.2 Å². The lowest BCUT2D eigenvalue weighted by atomic mass is 10.0. The molecule has 3 aliphatic rings. The number of hydrogen-bond donors (Lipinski definition) is 0. The number of ether oxygens (including phenoxy) is 2. The molecule has 0 bridgehead atoms. The van der Waals surface area contributed by atoms with E-state index in [-0.39, 0.29) is 11.3 Å². The molecule has 8 heteroatoms. The van der Waals surface area contributed by atoms with Crippen LogP contribution in [0.4, 0.5) is 0 Å². The Morgan fingerprint density at radius 2 is 2.00 bits per heavy atom. The summed E-state index contributed by atoms with van der Waals surface area (Å²) in [6, 6.07) is 0.00427. The predicted octanol–water partition coefficient (Wildman–Crippen LogP) is 1.18. The molecule has 2 aliphatic heterocycles. The van der Waals surface area contributed by atoms with Gasteiger partial charge in [-0.15, -0.1) is 0 Å². The van der Waals surface area contributed by atoms with Crippen molar-refractivity contribution >= 4 is 10.0 Å². The number of sulfonamides is 1. The Bertz CT molecular complexity index is 665. The van der Waals surface area contributed by atoms with Gasteiger partial charge in [-0.3, -0.25) is 0 Å². The van der Waals surface area contributed by atoms with Crippen LogP contribution in [0, 0.1) is 5.92 Å². The highest BCUT2D eigenvalue weighted by Gasteiger charge is 2.42. The first-order valence-corrected chi connectivity index (χ1v) is 10.3. The lowest BCUT2D eigenvalue weighted by molar-refractivity contribution is 0.00913. The average molecular weight is 355 g/mol. The molecule has 0 spiro atoms. The maximum atomic E-state index is 12.6. The molecule has 2 fully saturated rings. The zero-order valence-electron chi connectivity index (χ0n) is 13.8. The normalized spacial score (nSPS) is 26.4. The van der Waals surface area contributed by atoms with Gasteiger partial charge in [-0.1, -0.05) is 0 Å². The number of rotatable bonds is 6. The number of imidazole rings is 1. The Labute approximate surface area is 143 Å². The van der Waals surface area contributed by atoms with Crippen molar-refractivity contribution in [1.82, 2.24) is 13.9 Å². The van der Waals surface area contributed by atoms with E-state index in [1.54, 1.807) is 16.8 Å². The number of aromatic nitrogens is 2. The minimum absolute atomic E-state index is 0.00427. The first-order valence-electron chi connectivity index (χ1n) is 8.80. The summed E-state index contributed by atoms with van der Waals surface area (Å²) in [5, 5.41) is -0.171. The fourth-order valence-corrected chi connectivity index (χ4v) is 5.38. The van der Waals surface area contributed by atoms with Crippen molar-refractivity contribution in [2.24, 2.45) is 5.92 Å². The van der Waals surface area contributed by atoms with E-state index in [0.29, 0.717) is 25.6 Å². The smallest absolute Gasteiger partial charge is 0.217 e. The minimum Gasteiger partial charge on any atom is -0.381 e. The maximum Gasteiger partial charge on any atom is 0.217 e. The zero-order chi connectivity index (χ0) is 16.6. The molecule has 1 saturated carbocycles. The second kappa shape index (κ2) is 6.74. The minimum atomic E-state index is -3.17. The molecule has 1 saturated heterocycles. The molecule has 4 rings (SSSR count). The standard InChI is InChI=1S/C16H25N3O4S/c20-24(21,16-1-2-16)18-8-14-7-17-12-19(14)15(9-18)11-23-10-13-3-5-22-6-4-13/h7,12-13,15-16H,1-6,8-11H2. The third-order valence-corrected chi connectivity index (χ3v) is 7.51. The first kappa shape index (κ1) is 16.5. The number of fused-ring (bicyclic) bond motifs is 1. The lowest BCUT2D eigenvalue weighted by Crippen LogP contribution is -2.43. The monoisotopic (exact) mass is 355 g/mol. The van der Waals surface area contributed by atoms with Crippen LogP contribution in [0.15, 0.2) is 12.5 Å². The highest BCUT2D eigenvalue weighted by molar-refractivity contribution is 7.90. The molecule has 1 atom stereocenters. The van der Waals surface area contributed by atoms with Crippen LogP contribution in [0.1, 0.15) is 37.4 Å². The molecular formula is C16H25N3O4S. The second-order valence-electron chi connectivity index (χ2n) is 7.08. The van der Waals surface area contributed by atoms with Gasteiger partial charge in [-0.25, -0.2) is 13.4 Å². The fraction of sp³-hybridized carbons (Fsp3) is 0.812. The molecule has 1 aliphatic carbocycles. The van der Waals surface area contributed by atoms with Crippen molar-refractivity contribution < 1.29 is 17.9 Å². The van der Waals surface area contributed by atoms with Crippen LogP contribution in [0.5, 0.6) is 0 Å². The summed E-state index contributed by atoms with van der Waals surface area (Å²) >= 11 is 0. The van der Waals surface area contributed by atoms with Crippen LogP contribution in [-0.4, -0.2) is 60.5 Å². The summed E-state index contributed by atoms with van der Waals surface area (Å²) in [6.07, 6.45) is 7.23. The molecule has 0 N–H and O–H groups in total. The molecule has 0 amide bonds. The molecule has 134 valence electrons. The third kappa shape index (κ3) is 3.37. The Kier molecular flexibility index (Phi) is 4.64. The summed E-state index contributed by atoms with van der Waals surface area (Å²) < 4.78 is 40.2. The molecular weight excluding hydrogens is 330 g/mol. The van der Waals surface area contributed by atoms with Crippen LogP contribution >= 0.6 is 0 Å². The van der Waals surface area contributed by atoms with Gasteiger partial charge in [0.1, 0.15) is 0 Å². The van der Waals surface area contributed by atoms with Gasteiger partial charge in [-0.05, 0) is 31.6 Å². The summed E-state index contributed by atoms with van der Waals surface area (Å²) in [6.45, 7) is 3.79.